The molecule has 7 nitrogen and oxygen atoms in total. The quantitative estimate of drug-likeness (QED) is 0.438. The highest BCUT2D eigenvalue weighted by Gasteiger charge is 2.14. The number of pyridine rings is 1. The molecule has 28 heavy (non-hydrogen) atoms. The monoisotopic (exact) mass is 412 g/mol. The zero-order valence-corrected chi connectivity index (χ0v) is 16.0. The smallest absolute Gasteiger partial charge is 0.312 e. The number of halogens is 1. The maximum atomic E-state index is 12.1. The van der Waals surface area contributed by atoms with Crippen molar-refractivity contribution in [2.45, 2.75) is 13.0 Å². The maximum absolute atomic E-state index is 12.1. The molecular formula is C19H13ClN4O3S. The van der Waals surface area contributed by atoms with Crippen LogP contribution in [0.1, 0.15) is 11.6 Å². The van der Waals surface area contributed by atoms with Crippen LogP contribution in [0.2, 0.25) is 5.02 Å². The van der Waals surface area contributed by atoms with Crippen molar-refractivity contribution in [1.29, 1.82) is 0 Å². The zero-order valence-electron chi connectivity index (χ0n) is 14.4. The van der Waals surface area contributed by atoms with Crippen molar-refractivity contribution in [3.05, 3.63) is 70.8 Å². The highest BCUT2D eigenvalue weighted by Crippen LogP contribution is 2.23. The molecular weight excluding hydrogens is 400 g/mol. The first-order valence-corrected chi connectivity index (χ1v) is 9.52. The van der Waals surface area contributed by atoms with Crippen molar-refractivity contribution < 1.29 is 14.1 Å². The Morgan fingerprint density at radius 1 is 1.18 bits per heavy atom. The standard InChI is InChI=1S/C19H13ClN4O3S/c20-14-5-1-3-12(7-14)18-23-16(27-24-18)10-26-17(25)8-15-11-28-19(22-15)13-4-2-6-21-9-13/h1-7,9,11H,8,10H2. The van der Waals surface area contributed by atoms with Gasteiger partial charge in [0.25, 0.3) is 5.89 Å². The van der Waals surface area contributed by atoms with Crippen molar-refractivity contribution in [3.8, 4) is 22.0 Å². The predicted octanol–water partition coefficient (Wildman–Crippen LogP) is 4.19. The number of carbonyl (C=O) groups excluding carboxylic acids is 1. The van der Waals surface area contributed by atoms with Crippen LogP contribution in [0.3, 0.4) is 0 Å². The van der Waals surface area contributed by atoms with Crippen molar-refractivity contribution in [2.75, 3.05) is 0 Å². The van der Waals surface area contributed by atoms with Gasteiger partial charge in [-0.3, -0.25) is 9.78 Å². The number of carbonyl (C=O) groups is 1. The highest BCUT2D eigenvalue weighted by molar-refractivity contribution is 7.13. The van der Waals surface area contributed by atoms with Crippen LogP contribution in [0, 0.1) is 0 Å². The second-order valence-electron chi connectivity index (χ2n) is 5.75. The topological polar surface area (TPSA) is 91.0 Å². The molecule has 4 aromatic rings. The number of ether oxygens (including phenoxy) is 1. The Kier molecular flexibility index (Phi) is 5.41. The SMILES string of the molecule is O=C(Cc1csc(-c2cccnc2)n1)OCc1nc(-c2cccc(Cl)c2)no1. The first-order chi connectivity index (χ1) is 13.7. The average Bonchev–Trinajstić information content (AvgIpc) is 3.37. The Morgan fingerprint density at radius 3 is 2.89 bits per heavy atom. The van der Waals surface area contributed by atoms with E-state index in [9.17, 15) is 4.79 Å². The molecule has 0 atom stereocenters. The maximum Gasteiger partial charge on any atom is 0.312 e. The molecule has 0 saturated heterocycles. The molecule has 140 valence electrons. The van der Waals surface area contributed by atoms with E-state index >= 15 is 0 Å². The van der Waals surface area contributed by atoms with Gasteiger partial charge in [0.05, 0.1) is 12.1 Å². The molecule has 4 rings (SSSR count). The highest BCUT2D eigenvalue weighted by atomic mass is 35.5. The second-order valence-corrected chi connectivity index (χ2v) is 7.04. The van der Waals surface area contributed by atoms with Crippen LogP contribution < -0.4 is 0 Å². The summed E-state index contributed by atoms with van der Waals surface area (Å²) in [6.45, 7) is -0.105. The average molecular weight is 413 g/mol. The third-order valence-corrected chi connectivity index (χ3v) is 4.87. The fourth-order valence-electron chi connectivity index (χ4n) is 2.41. The number of thiazole rings is 1. The Labute approximate surface area is 169 Å². The van der Waals surface area contributed by atoms with Crippen LogP contribution in [0.4, 0.5) is 0 Å². The van der Waals surface area contributed by atoms with Crippen LogP contribution in [-0.4, -0.2) is 26.1 Å². The molecule has 0 aliphatic carbocycles. The van der Waals surface area contributed by atoms with E-state index in [0.717, 1.165) is 16.1 Å². The molecule has 9 heteroatoms. The molecule has 3 heterocycles. The van der Waals surface area contributed by atoms with Gasteiger partial charge in [-0.2, -0.15) is 4.98 Å². The molecule has 0 amide bonds. The van der Waals surface area contributed by atoms with Gasteiger partial charge in [-0.25, -0.2) is 4.98 Å². The summed E-state index contributed by atoms with van der Waals surface area (Å²) in [7, 11) is 0. The van der Waals surface area contributed by atoms with E-state index in [1.165, 1.54) is 11.3 Å². The van der Waals surface area contributed by atoms with Gasteiger partial charge in [0, 0.05) is 33.9 Å². The van der Waals surface area contributed by atoms with E-state index in [4.69, 9.17) is 20.9 Å². The van der Waals surface area contributed by atoms with Crippen LogP contribution in [0.25, 0.3) is 22.0 Å². The molecule has 0 N–H and O–H groups in total. The minimum Gasteiger partial charge on any atom is -0.455 e. The molecule has 0 aliphatic heterocycles. The van der Waals surface area contributed by atoms with E-state index < -0.39 is 5.97 Å². The molecule has 0 fully saturated rings. The second kappa shape index (κ2) is 8.28. The molecule has 0 saturated carbocycles. The lowest BCUT2D eigenvalue weighted by molar-refractivity contribution is -0.144. The number of hydrogen-bond donors (Lipinski definition) is 0. The van der Waals surface area contributed by atoms with Crippen LogP contribution in [-0.2, 0) is 22.6 Å². The van der Waals surface area contributed by atoms with Crippen LogP contribution >= 0.6 is 22.9 Å². The van der Waals surface area contributed by atoms with Gasteiger partial charge in [-0.15, -0.1) is 11.3 Å². The summed E-state index contributed by atoms with van der Waals surface area (Å²) in [4.78, 5) is 24.8. The predicted molar refractivity (Wildman–Crippen MR) is 104 cm³/mol. The Hall–Kier alpha value is -3.10. The van der Waals surface area contributed by atoms with E-state index in [1.807, 2.05) is 23.6 Å². The van der Waals surface area contributed by atoms with Gasteiger partial charge in [0.15, 0.2) is 6.61 Å². The molecule has 0 unspecified atom stereocenters. The minimum absolute atomic E-state index is 0.0616. The summed E-state index contributed by atoms with van der Waals surface area (Å²) in [5.41, 5.74) is 2.27. The summed E-state index contributed by atoms with van der Waals surface area (Å²) in [5, 5.41) is 7.08. The molecule has 0 aliphatic rings. The lowest BCUT2D eigenvalue weighted by Gasteiger charge is -1.99. The van der Waals surface area contributed by atoms with Crippen LogP contribution in [0.5, 0.6) is 0 Å². The summed E-state index contributed by atoms with van der Waals surface area (Å²) >= 11 is 7.41. The number of nitrogens with zero attached hydrogens (tertiary/aromatic N) is 4. The van der Waals surface area contributed by atoms with Crippen LogP contribution in [0.15, 0.2) is 58.7 Å². The van der Waals surface area contributed by atoms with Crippen molar-refractivity contribution in [2.24, 2.45) is 0 Å². The normalized spacial score (nSPS) is 10.8. The van der Waals surface area contributed by atoms with Gasteiger partial charge in [0.2, 0.25) is 5.82 Å². The molecule has 0 bridgehead atoms. The van der Waals surface area contributed by atoms with Gasteiger partial charge in [-0.05, 0) is 24.3 Å². The molecule has 1 aromatic carbocycles. The number of rotatable bonds is 6. The van der Waals surface area contributed by atoms with Crippen molar-refractivity contribution >= 4 is 28.9 Å². The summed E-state index contributed by atoms with van der Waals surface area (Å²) in [6, 6.07) is 10.8. The van der Waals surface area contributed by atoms with E-state index in [-0.39, 0.29) is 18.9 Å². The van der Waals surface area contributed by atoms with E-state index in [2.05, 4.69) is 20.1 Å². The third-order valence-electron chi connectivity index (χ3n) is 3.69. The number of aromatic nitrogens is 4. The first kappa shape index (κ1) is 18.3. The fraction of sp³-hybridized carbons (Fsp3) is 0.105. The fourth-order valence-corrected chi connectivity index (χ4v) is 3.41. The molecule has 0 spiro atoms. The number of esters is 1. The minimum atomic E-state index is -0.425. The Bertz CT molecular complexity index is 1100. The van der Waals surface area contributed by atoms with Gasteiger partial charge >= 0.3 is 5.97 Å². The number of benzene rings is 1. The Balaban J connectivity index is 1.33. The summed E-state index contributed by atoms with van der Waals surface area (Å²) in [6.07, 6.45) is 3.49. The zero-order chi connectivity index (χ0) is 19.3. The van der Waals surface area contributed by atoms with Gasteiger partial charge < -0.3 is 9.26 Å². The number of hydrogen-bond acceptors (Lipinski definition) is 8. The summed E-state index contributed by atoms with van der Waals surface area (Å²) < 4.78 is 10.3. The van der Waals surface area contributed by atoms with E-state index in [0.29, 0.717) is 16.5 Å². The van der Waals surface area contributed by atoms with E-state index in [1.54, 1.807) is 30.6 Å². The largest absolute Gasteiger partial charge is 0.455 e. The molecule has 0 radical (unpaired) electrons. The van der Waals surface area contributed by atoms with Gasteiger partial charge in [-0.1, -0.05) is 28.9 Å². The lowest BCUT2D eigenvalue weighted by Crippen LogP contribution is -2.08. The molecule has 3 aromatic heterocycles. The van der Waals surface area contributed by atoms with Crippen molar-refractivity contribution in [3.63, 3.8) is 0 Å². The van der Waals surface area contributed by atoms with Crippen molar-refractivity contribution in [1.82, 2.24) is 20.1 Å². The van der Waals surface area contributed by atoms with Gasteiger partial charge in [0.1, 0.15) is 5.01 Å². The Morgan fingerprint density at radius 2 is 2.07 bits per heavy atom. The first-order valence-electron chi connectivity index (χ1n) is 8.26. The summed E-state index contributed by atoms with van der Waals surface area (Å²) in [5.74, 6) is 0.164. The lowest BCUT2D eigenvalue weighted by atomic mass is 10.2. The third kappa shape index (κ3) is 4.41.